The normalized spacial score (nSPS) is 15.5. The van der Waals surface area contributed by atoms with Gasteiger partial charge in [0.15, 0.2) is 0 Å². The van der Waals surface area contributed by atoms with E-state index >= 15 is 0 Å². The molecule has 136 valence electrons. The Bertz CT molecular complexity index is 878. The molecule has 2 heterocycles. The molecule has 1 saturated carbocycles. The van der Waals surface area contributed by atoms with Crippen LogP contribution in [0.1, 0.15) is 44.7 Å². The molecule has 26 heavy (non-hydrogen) atoms. The Kier molecular flexibility index (Phi) is 4.68. The Labute approximate surface area is 154 Å². The van der Waals surface area contributed by atoms with Crippen molar-refractivity contribution < 1.29 is 5.11 Å². The zero-order valence-corrected chi connectivity index (χ0v) is 15.5. The van der Waals surface area contributed by atoms with E-state index in [1.165, 1.54) is 35.0 Å². The van der Waals surface area contributed by atoms with Gasteiger partial charge < -0.3 is 15.4 Å². The Morgan fingerprint density at radius 1 is 1.19 bits per heavy atom. The Balaban J connectivity index is 1.58. The number of H-pyrrole nitrogens is 1. The lowest BCUT2D eigenvalue weighted by atomic mass is 10.0. The lowest BCUT2D eigenvalue weighted by Gasteiger charge is -2.19. The number of aliphatic hydroxyl groups excluding tert-OH is 1. The van der Waals surface area contributed by atoms with E-state index in [0.29, 0.717) is 11.8 Å². The highest BCUT2D eigenvalue weighted by Crippen LogP contribution is 2.41. The summed E-state index contributed by atoms with van der Waals surface area (Å²) in [6, 6.07) is 12.9. The van der Waals surface area contributed by atoms with E-state index in [9.17, 15) is 5.11 Å². The van der Waals surface area contributed by atoms with Gasteiger partial charge in [-0.3, -0.25) is 0 Å². The number of rotatable bonds is 7. The van der Waals surface area contributed by atoms with Crippen molar-refractivity contribution in [3.63, 3.8) is 0 Å². The highest BCUT2D eigenvalue weighted by Gasteiger charge is 2.25. The van der Waals surface area contributed by atoms with Gasteiger partial charge in [-0.2, -0.15) is 0 Å². The zero-order valence-electron chi connectivity index (χ0n) is 15.5. The predicted molar refractivity (Wildman–Crippen MR) is 107 cm³/mol. The molecule has 0 bridgehead atoms. The van der Waals surface area contributed by atoms with Crippen LogP contribution in [0.3, 0.4) is 0 Å². The first kappa shape index (κ1) is 17.1. The number of aliphatic hydroxyl groups is 1. The monoisotopic (exact) mass is 349 g/mol. The maximum Gasteiger partial charge on any atom is 0.138 e. The van der Waals surface area contributed by atoms with E-state index in [-0.39, 0.29) is 12.6 Å². The molecule has 4 heteroatoms. The van der Waals surface area contributed by atoms with Crippen LogP contribution < -0.4 is 5.32 Å². The second kappa shape index (κ2) is 7.12. The summed E-state index contributed by atoms with van der Waals surface area (Å²) in [5, 5.41) is 14.2. The number of anilines is 1. The second-order valence-corrected chi connectivity index (χ2v) is 7.85. The van der Waals surface area contributed by atoms with E-state index in [1.807, 2.05) is 6.20 Å². The van der Waals surface area contributed by atoms with Crippen LogP contribution in [0.4, 0.5) is 5.69 Å². The summed E-state index contributed by atoms with van der Waals surface area (Å²) in [7, 11) is 0. The molecular formula is C22H27N3O. The number of hydrogen-bond donors (Lipinski definition) is 3. The number of aromatic amines is 1. The van der Waals surface area contributed by atoms with Crippen LogP contribution in [0, 0.1) is 5.92 Å². The molecular weight excluding hydrogens is 322 g/mol. The maximum atomic E-state index is 9.57. The molecule has 3 aromatic rings. The SMILES string of the molecule is CC(C)CC(CO)Nc1ccc(-c2ccnc3[nH]c(C4CC4)cc23)cc1. The average Bonchev–Trinajstić information content (AvgIpc) is 3.40. The van der Waals surface area contributed by atoms with Crippen molar-refractivity contribution in [2.24, 2.45) is 5.92 Å². The molecule has 0 saturated heterocycles. The van der Waals surface area contributed by atoms with E-state index in [0.717, 1.165) is 17.8 Å². The first-order chi connectivity index (χ1) is 12.6. The van der Waals surface area contributed by atoms with Crippen molar-refractivity contribution >= 4 is 16.7 Å². The van der Waals surface area contributed by atoms with Crippen LogP contribution in [0.15, 0.2) is 42.6 Å². The van der Waals surface area contributed by atoms with Crippen LogP contribution in [0.2, 0.25) is 0 Å². The van der Waals surface area contributed by atoms with E-state index < -0.39 is 0 Å². The highest BCUT2D eigenvalue weighted by atomic mass is 16.3. The van der Waals surface area contributed by atoms with Crippen molar-refractivity contribution in [3.8, 4) is 11.1 Å². The molecule has 1 aliphatic rings. The molecule has 4 nitrogen and oxygen atoms in total. The summed E-state index contributed by atoms with van der Waals surface area (Å²) in [6.45, 7) is 4.50. The molecule has 1 atom stereocenters. The minimum absolute atomic E-state index is 0.0965. The lowest BCUT2D eigenvalue weighted by molar-refractivity contribution is 0.259. The smallest absolute Gasteiger partial charge is 0.138 e. The van der Waals surface area contributed by atoms with Crippen molar-refractivity contribution in [3.05, 3.63) is 48.3 Å². The zero-order chi connectivity index (χ0) is 18.1. The number of fused-ring (bicyclic) bond motifs is 1. The third kappa shape index (κ3) is 3.61. The number of hydrogen-bond acceptors (Lipinski definition) is 3. The molecule has 2 aromatic heterocycles. The summed E-state index contributed by atoms with van der Waals surface area (Å²) >= 11 is 0. The molecule has 0 radical (unpaired) electrons. The van der Waals surface area contributed by atoms with Gasteiger partial charge in [0.25, 0.3) is 0 Å². The average molecular weight is 349 g/mol. The summed E-state index contributed by atoms with van der Waals surface area (Å²) < 4.78 is 0. The number of aromatic nitrogens is 2. The van der Waals surface area contributed by atoms with Gasteiger partial charge in [-0.1, -0.05) is 26.0 Å². The minimum atomic E-state index is 0.0965. The summed E-state index contributed by atoms with van der Waals surface area (Å²) in [5.74, 6) is 1.25. The predicted octanol–water partition coefficient (Wildman–Crippen LogP) is 4.93. The maximum absolute atomic E-state index is 9.57. The van der Waals surface area contributed by atoms with Crippen LogP contribution in [0.5, 0.6) is 0 Å². The van der Waals surface area contributed by atoms with E-state index in [2.05, 4.69) is 65.5 Å². The number of nitrogens with one attached hydrogen (secondary N) is 2. The van der Waals surface area contributed by atoms with Gasteiger partial charge in [0.2, 0.25) is 0 Å². The van der Waals surface area contributed by atoms with E-state index in [4.69, 9.17) is 0 Å². The Morgan fingerprint density at radius 2 is 1.96 bits per heavy atom. The quantitative estimate of drug-likeness (QED) is 0.567. The number of benzene rings is 1. The van der Waals surface area contributed by atoms with Gasteiger partial charge in [-0.25, -0.2) is 4.98 Å². The van der Waals surface area contributed by atoms with Crippen molar-refractivity contribution in [1.29, 1.82) is 0 Å². The van der Waals surface area contributed by atoms with Crippen LogP contribution in [-0.4, -0.2) is 27.7 Å². The van der Waals surface area contributed by atoms with Crippen molar-refractivity contribution in [2.75, 3.05) is 11.9 Å². The van der Waals surface area contributed by atoms with Gasteiger partial charge in [0.1, 0.15) is 5.65 Å². The molecule has 1 aromatic carbocycles. The highest BCUT2D eigenvalue weighted by molar-refractivity contribution is 5.93. The molecule has 0 aliphatic heterocycles. The van der Waals surface area contributed by atoms with Gasteiger partial charge in [0, 0.05) is 29.0 Å². The fraction of sp³-hybridized carbons (Fsp3) is 0.409. The fourth-order valence-electron chi connectivity index (χ4n) is 3.64. The largest absolute Gasteiger partial charge is 0.394 e. The van der Waals surface area contributed by atoms with Crippen LogP contribution in [-0.2, 0) is 0 Å². The first-order valence-corrected chi connectivity index (χ1v) is 9.59. The summed E-state index contributed by atoms with van der Waals surface area (Å²) in [6.07, 6.45) is 5.40. The Hall–Kier alpha value is -2.33. The molecule has 3 N–H and O–H groups in total. The fourth-order valence-corrected chi connectivity index (χ4v) is 3.64. The molecule has 1 aliphatic carbocycles. The lowest BCUT2D eigenvalue weighted by Crippen LogP contribution is -2.25. The Morgan fingerprint density at radius 3 is 2.62 bits per heavy atom. The third-order valence-electron chi connectivity index (χ3n) is 5.11. The van der Waals surface area contributed by atoms with Crippen molar-refractivity contribution in [1.82, 2.24) is 9.97 Å². The number of pyridine rings is 1. The van der Waals surface area contributed by atoms with Gasteiger partial charge >= 0.3 is 0 Å². The number of nitrogens with zero attached hydrogens (tertiary/aromatic N) is 1. The minimum Gasteiger partial charge on any atom is -0.394 e. The third-order valence-corrected chi connectivity index (χ3v) is 5.11. The topological polar surface area (TPSA) is 60.9 Å². The van der Waals surface area contributed by atoms with Gasteiger partial charge in [-0.15, -0.1) is 0 Å². The molecule has 1 unspecified atom stereocenters. The van der Waals surface area contributed by atoms with Gasteiger partial charge in [0.05, 0.1) is 6.61 Å². The summed E-state index contributed by atoms with van der Waals surface area (Å²) in [4.78, 5) is 7.98. The van der Waals surface area contributed by atoms with Crippen LogP contribution in [0.25, 0.3) is 22.2 Å². The van der Waals surface area contributed by atoms with Gasteiger partial charge in [-0.05, 0) is 66.5 Å². The summed E-state index contributed by atoms with van der Waals surface area (Å²) in [5.41, 5.74) is 5.74. The first-order valence-electron chi connectivity index (χ1n) is 9.59. The van der Waals surface area contributed by atoms with E-state index in [1.54, 1.807) is 0 Å². The standard InChI is InChI=1S/C22H27N3O/c1-14(2)11-18(13-26)24-17-7-5-15(6-8-17)19-9-10-23-22-20(19)12-21(25-22)16-3-4-16/h5-10,12,14,16,18,24,26H,3-4,11,13H2,1-2H3,(H,23,25). The molecule has 0 amide bonds. The van der Waals surface area contributed by atoms with Crippen molar-refractivity contribution in [2.45, 2.75) is 45.1 Å². The molecule has 1 fully saturated rings. The van der Waals surface area contributed by atoms with Crippen LogP contribution >= 0.6 is 0 Å². The second-order valence-electron chi connectivity index (χ2n) is 7.85. The molecule has 0 spiro atoms. The molecule has 4 rings (SSSR count).